The molecule has 1 saturated carbocycles. The van der Waals surface area contributed by atoms with Crippen molar-refractivity contribution >= 4 is 23.5 Å². The molecule has 0 heterocycles. The lowest BCUT2D eigenvalue weighted by molar-refractivity contribution is -0.150. The average molecular weight is 354 g/mol. The van der Waals surface area contributed by atoms with E-state index in [9.17, 15) is 9.59 Å². The molecule has 132 valence electrons. The lowest BCUT2D eigenvalue weighted by atomic mass is 9.78. The van der Waals surface area contributed by atoms with Gasteiger partial charge in [0.05, 0.1) is 0 Å². The molecule has 0 saturated heterocycles. The zero-order chi connectivity index (χ0) is 17.5. The summed E-state index contributed by atoms with van der Waals surface area (Å²) in [5.74, 6) is 0.656. The fourth-order valence-electron chi connectivity index (χ4n) is 2.92. The predicted molar refractivity (Wildman–Crippen MR) is 92.0 cm³/mol. The normalized spacial score (nSPS) is 23.4. The summed E-state index contributed by atoms with van der Waals surface area (Å²) in [5, 5.41) is 3.49. The molecule has 6 heteroatoms. The monoisotopic (exact) mass is 353 g/mol. The van der Waals surface area contributed by atoms with Crippen LogP contribution in [0, 0.1) is 11.8 Å². The maximum Gasteiger partial charge on any atom is 0.344 e. The van der Waals surface area contributed by atoms with Gasteiger partial charge in [-0.3, -0.25) is 4.79 Å². The second-order valence-electron chi connectivity index (χ2n) is 6.35. The number of hydrogen-bond donors (Lipinski definition) is 1. The molecule has 1 N–H and O–H groups in total. The molecule has 1 aromatic carbocycles. The first kappa shape index (κ1) is 18.6. The van der Waals surface area contributed by atoms with Crippen LogP contribution in [0.15, 0.2) is 24.3 Å². The summed E-state index contributed by atoms with van der Waals surface area (Å²) in [6, 6.07) is 6.89. The average Bonchev–Trinajstić information content (AvgIpc) is 2.55. The second-order valence-corrected chi connectivity index (χ2v) is 6.78. The van der Waals surface area contributed by atoms with Gasteiger partial charge in [-0.05, 0) is 36.5 Å². The Labute approximate surface area is 147 Å². The number of ether oxygens (including phenoxy) is 2. The van der Waals surface area contributed by atoms with Crippen molar-refractivity contribution in [1.82, 2.24) is 5.32 Å². The number of carbonyl (C=O) groups is 2. The summed E-state index contributed by atoms with van der Waals surface area (Å²) in [5.41, 5.74) is 0. The maximum atomic E-state index is 11.9. The SMILES string of the molecule is C[C@H]1[C@@H](NC(=O)COC(=O)COc2cccc(Cl)c2)CCC[C@@H]1C. The molecule has 0 bridgehead atoms. The van der Waals surface area contributed by atoms with Gasteiger partial charge < -0.3 is 14.8 Å². The number of amides is 1. The highest BCUT2D eigenvalue weighted by Gasteiger charge is 2.28. The van der Waals surface area contributed by atoms with E-state index in [0.717, 1.165) is 12.8 Å². The third-order valence-corrected chi connectivity index (χ3v) is 4.81. The van der Waals surface area contributed by atoms with Crippen LogP contribution < -0.4 is 10.1 Å². The quantitative estimate of drug-likeness (QED) is 0.797. The van der Waals surface area contributed by atoms with Gasteiger partial charge in [-0.15, -0.1) is 0 Å². The zero-order valence-electron chi connectivity index (χ0n) is 14.1. The summed E-state index contributed by atoms with van der Waals surface area (Å²) >= 11 is 5.83. The van der Waals surface area contributed by atoms with Gasteiger partial charge in [-0.25, -0.2) is 4.79 Å². The number of hydrogen-bond acceptors (Lipinski definition) is 4. The molecule has 0 unspecified atom stereocenters. The Morgan fingerprint density at radius 2 is 2.04 bits per heavy atom. The molecule has 0 aromatic heterocycles. The van der Waals surface area contributed by atoms with E-state index in [-0.39, 0.29) is 25.2 Å². The van der Waals surface area contributed by atoms with E-state index < -0.39 is 5.97 Å². The standard InChI is InChI=1S/C18H24ClNO4/c1-12-5-3-8-16(13(12)2)20-17(21)10-24-18(22)11-23-15-7-4-6-14(19)9-15/h4,6-7,9,12-13,16H,3,5,8,10-11H2,1-2H3,(H,20,21)/t12-,13+,16-/m0/s1. The molecule has 24 heavy (non-hydrogen) atoms. The molecule has 1 fully saturated rings. The van der Waals surface area contributed by atoms with Crippen molar-refractivity contribution in [3.63, 3.8) is 0 Å². The fraction of sp³-hybridized carbons (Fsp3) is 0.556. The van der Waals surface area contributed by atoms with Crippen LogP contribution in [0.4, 0.5) is 0 Å². The van der Waals surface area contributed by atoms with Crippen LogP contribution in [-0.4, -0.2) is 31.1 Å². The minimum Gasteiger partial charge on any atom is -0.482 e. The molecule has 1 aliphatic rings. The van der Waals surface area contributed by atoms with Gasteiger partial charge in [0.15, 0.2) is 13.2 Å². The number of carbonyl (C=O) groups excluding carboxylic acids is 2. The van der Waals surface area contributed by atoms with E-state index >= 15 is 0 Å². The minimum atomic E-state index is -0.588. The van der Waals surface area contributed by atoms with Gasteiger partial charge in [0.2, 0.25) is 0 Å². The first-order chi connectivity index (χ1) is 11.5. The Bertz CT molecular complexity index is 578. The first-order valence-corrected chi connectivity index (χ1v) is 8.67. The van der Waals surface area contributed by atoms with Crippen molar-refractivity contribution in [1.29, 1.82) is 0 Å². The van der Waals surface area contributed by atoms with Crippen molar-refractivity contribution in [2.75, 3.05) is 13.2 Å². The van der Waals surface area contributed by atoms with Gasteiger partial charge in [0.25, 0.3) is 5.91 Å². The van der Waals surface area contributed by atoms with Crippen molar-refractivity contribution in [2.24, 2.45) is 11.8 Å². The van der Waals surface area contributed by atoms with Gasteiger partial charge in [-0.2, -0.15) is 0 Å². The van der Waals surface area contributed by atoms with E-state index in [0.29, 0.717) is 22.6 Å². The molecule has 0 spiro atoms. The first-order valence-electron chi connectivity index (χ1n) is 8.29. The lowest BCUT2D eigenvalue weighted by Gasteiger charge is -2.34. The number of rotatable bonds is 6. The van der Waals surface area contributed by atoms with Crippen molar-refractivity contribution in [2.45, 2.75) is 39.2 Å². The molecule has 0 radical (unpaired) electrons. The highest BCUT2D eigenvalue weighted by atomic mass is 35.5. The van der Waals surface area contributed by atoms with Gasteiger partial charge in [0.1, 0.15) is 5.75 Å². The molecule has 2 rings (SSSR count). The summed E-state index contributed by atoms with van der Waals surface area (Å²) in [6.07, 6.45) is 3.29. The highest BCUT2D eigenvalue weighted by molar-refractivity contribution is 6.30. The number of esters is 1. The summed E-state index contributed by atoms with van der Waals surface area (Å²) in [7, 11) is 0. The number of benzene rings is 1. The Kier molecular flexibility index (Phi) is 6.91. The smallest absolute Gasteiger partial charge is 0.344 e. The topological polar surface area (TPSA) is 64.6 Å². The second kappa shape index (κ2) is 8.92. The van der Waals surface area contributed by atoms with Crippen LogP contribution in [-0.2, 0) is 14.3 Å². The largest absolute Gasteiger partial charge is 0.482 e. The van der Waals surface area contributed by atoms with Crippen LogP contribution in [0.1, 0.15) is 33.1 Å². The summed E-state index contributed by atoms with van der Waals surface area (Å²) in [6.45, 7) is 3.82. The third-order valence-electron chi connectivity index (χ3n) is 4.57. The van der Waals surface area contributed by atoms with Crippen LogP contribution in [0.5, 0.6) is 5.75 Å². The molecule has 1 amide bonds. The molecule has 1 aliphatic carbocycles. The highest BCUT2D eigenvalue weighted by Crippen LogP contribution is 2.29. The van der Waals surface area contributed by atoms with Crippen molar-refractivity contribution in [3.05, 3.63) is 29.3 Å². The van der Waals surface area contributed by atoms with Crippen LogP contribution in [0.25, 0.3) is 0 Å². The van der Waals surface area contributed by atoms with Crippen LogP contribution >= 0.6 is 11.6 Å². The van der Waals surface area contributed by atoms with Gasteiger partial charge in [-0.1, -0.05) is 44.4 Å². The van der Waals surface area contributed by atoms with Crippen LogP contribution in [0.2, 0.25) is 5.02 Å². The van der Waals surface area contributed by atoms with Gasteiger partial charge in [0, 0.05) is 11.1 Å². The Morgan fingerprint density at radius 1 is 1.25 bits per heavy atom. The van der Waals surface area contributed by atoms with E-state index in [1.165, 1.54) is 6.42 Å². The van der Waals surface area contributed by atoms with E-state index in [4.69, 9.17) is 21.1 Å². The van der Waals surface area contributed by atoms with E-state index in [1.807, 2.05) is 0 Å². The van der Waals surface area contributed by atoms with E-state index in [1.54, 1.807) is 24.3 Å². The Morgan fingerprint density at radius 3 is 2.79 bits per heavy atom. The van der Waals surface area contributed by atoms with Gasteiger partial charge >= 0.3 is 5.97 Å². The van der Waals surface area contributed by atoms with Crippen LogP contribution in [0.3, 0.4) is 0 Å². The number of nitrogens with one attached hydrogen (secondary N) is 1. The molecule has 5 nitrogen and oxygen atoms in total. The van der Waals surface area contributed by atoms with Crippen molar-refractivity contribution in [3.8, 4) is 5.75 Å². The lowest BCUT2D eigenvalue weighted by Crippen LogP contribution is -2.45. The zero-order valence-corrected chi connectivity index (χ0v) is 14.8. The van der Waals surface area contributed by atoms with Crippen molar-refractivity contribution < 1.29 is 19.1 Å². The number of halogens is 1. The fourth-order valence-corrected chi connectivity index (χ4v) is 3.10. The molecule has 3 atom stereocenters. The van der Waals surface area contributed by atoms with E-state index in [2.05, 4.69) is 19.2 Å². The molecular weight excluding hydrogens is 330 g/mol. The molecular formula is C18H24ClNO4. The molecule has 1 aromatic rings. The Hall–Kier alpha value is -1.75. The summed E-state index contributed by atoms with van der Waals surface area (Å²) in [4.78, 5) is 23.6. The molecule has 0 aliphatic heterocycles. The summed E-state index contributed by atoms with van der Waals surface area (Å²) < 4.78 is 10.2. The predicted octanol–water partition coefficient (Wildman–Crippen LogP) is 3.20. The maximum absolute atomic E-state index is 11.9. The Balaban J connectivity index is 1.68. The minimum absolute atomic E-state index is 0.155. The third kappa shape index (κ3) is 5.71.